The van der Waals surface area contributed by atoms with Gasteiger partial charge in [-0.3, -0.25) is 4.79 Å². The van der Waals surface area contributed by atoms with Crippen LogP contribution in [0.2, 0.25) is 0 Å². The molecule has 1 aliphatic heterocycles. The van der Waals surface area contributed by atoms with Gasteiger partial charge in [-0.15, -0.1) is 0 Å². The van der Waals surface area contributed by atoms with Crippen LogP contribution in [0.4, 0.5) is 0 Å². The minimum absolute atomic E-state index is 0.396. The Morgan fingerprint density at radius 3 is 2.70 bits per heavy atom. The second-order valence-electron chi connectivity index (χ2n) is 4.54. The standard InChI is InChI=1S/C15H16O5/c1-10(16)19-15(12-8-5-9-13(17)20-12)14(18)11-6-3-2-4-7-11/h2-7,9,12,14-15,18H,8H2,1H3. The van der Waals surface area contributed by atoms with E-state index in [0.29, 0.717) is 12.0 Å². The first-order valence-electron chi connectivity index (χ1n) is 6.35. The summed E-state index contributed by atoms with van der Waals surface area (Å²) in [6.45, 7) is 1.26. The molecule has 0 aliphatic carbocycles. The van der Waals surface area contributed by atoms with Crippen molar-refractivity contribution in [2.75, 3.05) is 0 Å². The van der Waals surface area contributed by atoms with E-state index in [1.165, 1.54) is 13.0 Å². The van der Waals surface area contributed by atoms with Gasteiger partial charge in [0.25, 0.3) is 0 Å². The van der Waals surface area contributed by atoms with Crippen LogP contribution in [0, 0.1) is 0 Å². The summed E-state index contributed by atoms with van der Waals surface area (Å²) in [5, 5.41) is 10.4. The van der Waals surface area contributed by atoms with Crippen molar-refractivity contribution in [3.8, 4) is 0 Å². The molecule has 1 aromatic carbocycles. The summed E-state index contributed by atoms with van der Waals surface area (Å²) in [6.07, 6.45) is 0.689. The Balaban J connectivity index is 2.21. The van der Waals surface area contributed by atoms with Crippen molar-refractivity contribution in [2.24, 2.45) is 0 Å². The monoisotopic (exact) mass is 276 g/mol. The minimum Gasteiger partial charge on any atom is -0.455 e. The van der Waals surface area contributed by atoms with Gasteiger partial charge in [-0.05, 0) is 5.56 Å². The fourth-order valence-corrected chi connectivity index (χ4v) is 2.11. The van der Waals surface area contributed by atoms with Crippen molar-refractivity contribution in [3.05, 3.63) is 48.0 Å². The van der Waals surface area contributed by atoms with Crippen LogP contribution >= 0.6 is 0 Å². The Kier molecular flexibility index (Phi) is 4.53. The van der Waals surface area contributed by atoms with E-state index in [4.69, 9.17) is 9.47 Å². The molecule has 106 valence electrons. The van der Waals surface area contributed by atoms with Crippen molar-refractivity contribution in [2.45, 2.75) is 31.7 Å². The van der Waals surface area contributed by atoms with Crippen LogP contribution in [0.5, 0.6) is 0 Å². The van der Waals surface area contributed by atoms with Gasteiger partial charge in [0.1, 0.15) is 12.2 Å². The highest BCUT2D eigenvalue weighted by atomic mass is 16.6. The fourth-order valence-electron chi connectivity index (χ4n) is 2.11. The van der Waals surface area contributed by atoms with Gasteiger partial charge < -0.3 is 14.6 Å². The molecule has 20 heavy (non-hydrogen) atoms. The molecule has 1 heterocycles. The molecule has 0 fully saturated rings. The lowest BCUT2D eigenvalue weighted by molar-refractivity contribution is -0.174. The zero-order valence-corrected chi connectivity index (χ0v) is 11.1. The van der Waals surface area contributed by atoms with E-state index in [0.717, 1.165) is 0 Å². The van der Waals surface area contributed by atoms with Crippen molar-refractivity contribution in [3.63, 3.8) is 0 Å². The van der Waals surface area contributed by atoms with Gasteiger partial charge in [-0.25, -0.2) is 4.79 Å². The van der Waals surface area contributed by atoms with Crippen molar-refractivity contribution in [1.82, 2.24) is 0 Å². The third-order valence-corrected chi connectivity index (χ3v) is 3.01. The van der Waals surface area contributed by atoms with Crippen LogP contribution in [0.1, 0.15) is 25.0 Å². The number of hydrogen-bond acceptors (Lipinski definition) is 5. The number of carbonyl (C=O) groups excluding carboxylic acids is 2. The second-order valence-corrected chi connectivity index (χ2v) is 4.54. The number of benzene rings is 1. The molecular formula is C15H16O5. The molecule has 1 N–H and O–H groups in total. The normalized spacial score (nSPS) is 20.9. The summed E-state index contributed by atoms with van der Waals surface area (Å²) >= 11 is 0. The van der Waals surface area contributed by atoms with Gasteiger partial charge in [-0.1, -0.05) is 36.4 Å². The molecule has 3 unspecified atom stereocenters. The van der Waals surface area contributed by atoms with E-state index in [-0.39, 0.29) is 0 Å². The van der Waals surface area contributed by atoms with Gasteiger partial charge >= 0.3 is 11.9 Å². The maximum absolute atomic E-state index is 11.3. The number of aliphatic hydroxyl groups is 1. The second kappa shape index (κ2) is 6.34. The number of carbonyl (C=O) groups is 2. The number of esters is 2. The highest BCUT2D eigenvalue weighted by Crippen LogP contribution is 2.26. The van der Waals surface area contributed by atoms with Gasteiger partial charge in [-0.2, -0.15) is 0 Å². The summed E-state index contributed by atoms with van der Waals surface area (Å²) in [4.78, 5) is 22.5. The molecule has 0 aromatic heterocycles. The SMILES string of the molecule is CC(=O)OC(C1CC=CC(=O)O1)C(O)c1ccccc1. The number of aliphatic hydroxyl groups excluding tert-OH is 1. The van der Waals surface area contributed by atoms with Crippen molar-refractivity contribution < 1.29 is 24.2 Å². The first-order chi connectivity index (χ1) is 9.58. The quantitative estimate of drug-likeness (QED) is 0.844. The largest absolute Gasteiger partial charge is 0.455 e. The maximum atomic E-state index is 11.3. The van der Waals surface area contributed by atoms with Crippen LogP contribution in [0.25, 0.3) is 0 Å². The molecule has 3 atom stereocenters. The Hall–Kier alpha value is -2.14. The van der Waals surface area contributed by atoms with Gasteiger partial charge in [0.15, 0.2) is 6.10 Å². The fraction of sp³-hybridized carbons (Fsp3) is 0.333. The van der Waals surface area contributed by atoms with Crippen molar-refractivity contribution >= 4 is 11.9 Å². The van der Waals surface area contributed by atoms with E-state index in [1.54, 1.807) is 30.3 Å². The van der Waals surface area contributed by atoms with Crippen LogP contribution in [-0.4, -0.2) is 29.3 Å². The Morgan fingerprint density at radius 2 is 2.10 bits per heavy atom. The van der Waals surface area contributed by atoms with E-state index in [1.807, 2.05) is 6.07 Å². The molecule has 0 radical (unpaired) electrons. The molecular weight excluding hydrogens is 260 g/mol. The summed E-state index contributed by atoms with van der Waals surface area (Å²) in [5.74, 6) is -1.03. The lowest BCUT2D eigenvalue weighted by atomic mass is 9.97. The third kappa shape index (κ3) is 3.45. The average Bonchev–Trinajstić information content (AvgIpc) is 2.45. The van der Waals surface area contributed by atoms with E-state index >= 15 is 0 Å². The smallest absolute Gasteiger partial charge is 0.330 e. The minimum atomic E-state index is -1.05. The zero-order valence-electron chi connectivity index (χ0n) is 11.1. The highest BCUT2D eigenvalue weighted by Gasteiger charge is 2.35. The van der Waals surface area contributed by atoms with Crippen molar-refractivity contribution in [1.29, 1.82) is 0 Å². The van der Waals surface area contributed by atoms with Gasteiger partial charge in [0.05, 0.1) is 0 Å². The first kappa shape index (κ1) is 14.3. The predicted molar refractivity (Wildman–Crippen MR) is 70.6 cm³/mol. The van der Waals surface area contributed by atoms with Gasteiger partial charge in [0.2, 0.25) is 0 Å². The molecule has 0 bridgehead atoms. The van der Waals surface area contributed by atoms with E-state index < -0.39 is 30.3 Å². The highest BCUT2D eigenvalue weighted by molar-refractivity contribution is 5.82. The predicted octanol–water partition coefficient (Wildman–Crippen LogP) is 1.52. The molecule has 1 aliphatic rings. The maximum Gasteiger partial charge on any atom is 0.330 e. The summed E-state index contributed by atoms with van der Waals surface area (Å²) in [5.41, 5.74) is 0.601. The number of hydrogen-bond donors (Lipinski definition) is 1. The van der Waals surface area contributed by atoms with Crippen LogP contribution in [0.3, 0.4) is 0 Å². The number of rotatable bonds is 4. The average molecular weight is 276 g/mol. The van der Waals surface area contributed by atoms with Crippen LogP contribution in [0.15, 0.2) is 42.5 Å². The Labute approximate surface area is 116 Å². The Morgan fingerprint density at radius 1 is 1.40 bits per heavy atom. The zero-order chi connectivity index (χ0) is 14.5. The molecule has 0 saturated carbocycles. The first-order valence-corrected chi connectivity index (χ1v) is 6.35. The summed E-state index contributed by atoms with van der Waals surface area (Å²) in [7, 11) is 0. The van der Waals surface area contributed by atoms with E-state index in [2.05, 4.69) is 0 Å². The van der Waals surface area contributed by atoms with E-state index in [9.17, 15) is 14.7 Å². The molecule has 0 spiro atoms. The van der Waals surface area contributed by atoms with Crippen LogP contribution < -0.4 is 0 Å². The molecule has 2 rings (SSSR count). The third-order valence-electron chi connectivity index (χ3n) is 3.01. The number of ether oxygens (including phenoxy) is 2. The molecule has 0 saturated heterocycles. The topological polar surface area (TPSA) is 72.8 Å². The number of cyclic esters (lactones) is 1. The lowest BCUT2D eigenvalue weighted by Crippen LogP contribution is -2.40. The van der Waals surface area contributed by atoms with Gasteiger partial charge in [0, 0.05) is 19.4 Å². The summed E-state index contributed by atoms with van der Waals surface area (Å²) in [6, 6.07) is 8.82. The molecule has 1 aromatic rings. The lowest BCUT2D eigenvalue weighted by Gasteiger charge is -2.30. The molecule has 5 nitrogen and oxygen atoms in total. The summed E-state index contributed by atoms with van der Waals surface area (Å²) < 4.78 is 10.3. The molecule has 5 heteroatoms. The Bertz CT molecular complexity index is 508. The molecule has 0 amide bonds. The van der Waals surface area contributed by atoms with Crippen LogP contribution in [-0.2, 0) is 19.1 Å².